The van der Waals surface area contributed by atoms with Crippen LogP contribution >= 0.6 is 0 Å². The Balaban J connectivity index is 2.06. The van der Waals surface area contributed by atoms with Crippen molar-refractivity contribution in [1.29, 1.82) is 0 Å². The average Bonchev–Trinajstić information content (AvgIpc) is 3.07. The summed E-state index contributed by atoms with van der Waals surface area (Å²) in [6, 6.07) is 9.12. The van der Waals surface area contributed by atoms with E-state index in [0.717, 1.165) is 0 Å². The molecule has 144 valence electrons. The van der Waals surface area contributed by atoms with Gasteiger partial charge in [0, 0.05) is 17.7 Å². The highest BCUT2D eigenvalue weighted by atomic mass is 16.6. The molecule has 2 aromatic rings. The fourth-order valence-corrected chi connectivity index (χ4v) is 2.67. The predicted octanol–water partition coefficient (Wildman–Crippen LogP) is 2.97. The van der Waals surface area contributed by atoms with E-state index < -0.39 is 10.9 Å². The molecule has 0 amide bonds. The van der Waals surface area contributed by atoms with E-state index in [9.17, 15) is 14.9 Å². The molecule has 0 fully saturated rings. The highest BCUT2D eigenvalue weighted by Gasteiger charge is 2.28. The molecular formula is C19H16N2O7. The van der Waals surface area contributed by atoms with E-state index in [1.54, 1.807) is 18.2 Å². The number of cyclic esters (lactones) is 1. The van der Waals surface area contributed by atoms with Crippen molar-refractivity contribution in [2.24, 2.45) is 4.99 Å². The highest BCUT2D eigenvalue weighted by molar-refractivity contribution is 6.14. The Labute approximate surface area is 160 Å². The van der Waals surface area contributed by atoms with Crippen LogP contribution in [0.15, 0.2) is 47.1 Å². The van der Waals surface area contributed by atoms with E-state index in [-0.39, 0.29) is 28.6 Å². The van der Waals surface area contributed by atoms with Crippen molar-refractivity contribution in [2.45, 2.75) is 0 Å². The zero-order chi connectivity index (χ0) is 20.3. The topological polar surface area (TPSA) is 109 Å². The summed E-state index contributed by atoms with van der Waals surface area (Å²) >= 11 is 0. The second kappa shape index (κ2) is 7.78. The van der Waals surface area contributed by atoms with Gasteiger partial charge in [0.1, 0.15) is 5.75 Å². The zero-order valence-electron chi connectivity index (χ0n) is 15.3. The van der Waals surface area contributed by atoms with Gasteiger partial charge in [-0.2, -0.15) is 0 Å². The number of nitro benzene ring substituents is 1. The Morgan fingerprint density at radius 3 is 2.46 bits per heavy atom. The summed E-state index contributed by atoms with van der Waals surface area (Å²) in [5, 5.41) is 11.0. The van der Waals surface area contributed by atoms with Gasteiger partial charge in [-0.15, -0.1) is 0 Å². The summed E-state index contributed by atoms with van der Waals surface area (Å²) in [5.74, 6) is 0.430. The van der Waals surface area contributed by atoms with Gasteiger partial charge in [0.2, 0.25) is 5.90 Å². The second-order valence-electron chi connectivity index (χ2n) is 5.56. The maximum Gasteiger partial charge on any atom is 0.363 e. The van der Waals surface area contributed by atoms with Crippen LogP contribution in [0, 0.1) is 10.1 Å². The lowest BCUT2D eigenvalue weighted by molar-refractivity contribution is -0.384. The molecule has 0 aromatic heterocycles. The Bertz CT molecular complexity index is 1010. The molecule has 0 N–H and O–H groups in total. The van der Waals surface area contributed by atoms with Crippen LogP contribution in [0.1, 0.15) is 11.1 Å². The standard InChI is InChI=1S/C19H16N2O7/c1-25-15-8-7-12(21(23)24)10-13(15)18-20-14(19(22)28-18)9-11-5-4-6-16(26-2)17(11)27-3/h4-10H,1-3H3. The number of hydrogen-bond donors (Lipinski definition) is 0. The lowest BCUT2D eigenvalue weighted by Gasteiger charge is -2.09. The molecule has 1 aliphatic heterocycles. The average molecular weight is 384 g/mol. The van der Waals surface area contributed by atoms with Crippen LogP contribution in [0.2, 0.25) is 0 Å². The van der Waals surface area contributed by atoms with E-state index in [0.29, 0.717) is 17.1 Å². The zero-order valence-corrected chi connectivity index (χ0v) is 15.3. The number of nitro groups is 1. The first-order chi connectivity index (χ1) is 13.5. The van der Waals surface area contributed by atoms with Crippen molar-refractivity contribution in [1.82, 2.24) is 0 Å². The van der Waals surface area contributed by atoms with Gasteiger partial charge in [-0.3, -0.25) is 10.1 Å². The minimum atomic E-state index is -0.701. The largest absolute Gasteiger partial charge is 0.496 e. The van der Waals surface area contributed by atoms with Gasteiger partial charge in [0.25, 0.3) is 5.69 Å². The van der Waals surface area contributed by atoms with Crippen LogP contribution in [-0.4, -0.2) is 38.1 Å². The lowest BCUT2D eigenvalue weighted by atomic mass is 10.1. The van der Waals surface area contributed by atoms with Crippen LogP contribution in [0.5, 0.6) is 17.2 Å². The fraction of sp³-hybridized carbons (Fsp3) is 0.158. The molecule has 2 aromatic carbocycles. The summed E-state index contributed by atoms with van der Waals surface area (Å²) < 4.78 is 21.0. The van der Waals surface area contributed by atoms with Crippen molar-refractivity contribution < 1.29 is 28.7 Å². The molecule has 0 saturated carbocycles. The first-order valence-electron chi connectivity index (χ1n) is 8.04. The number of aliphatic imine (C=N–C) groups is 1. The number of esters is 1. The number of para-hydroxylation sites is 1. The number of benzene rings is 2. The van der Waals surface area contributed by atoms with Crippen molar-refractivity contribution in [3.8, 4) is 17.2 Å². The van der Waals surface area contributed by atoms with E-state index in [4.69, 9.17) is 18.9 Å². The van der Waals surface area contributed by atoms with Crippen LogP contribution in [0.3, 0.4) is 0 Å². The van der Waals surface area contributed by atoms with Gasteiger partial charge in [0.15, 0.2) is 17.2 Å². The minimum Gasteiger partial charge on any atom is -0.496 e. The van der Waals surface area contributed by atoms with Crippen LogP contribution in [0.25, 0.3) is 6.08 Å². The highest BCUT2D eigenvalue weighted by Crippen LogP contribution is 2.34. The summed E-state index contributed by atoms with van der Waals surface area (Å²) in [7, 11) is 4.39. The van der Waals surface area contributed by atoms with Gasteiger partial charge in [0.05, 0.1) is 31.8 Å². The maximum absolute atomic E-state index is 12.3. The quantitative estimate of drug-likeness (QED) is 0.326. The van der Waals surface area contributed by atoms with Crippen LogP contribution in [0.4, 0.5) is 5.69 Å². The van der Waals surface area contributed by atoms with Gasteiger partial charge in [-0.05, 0) is 18.2 Å². The van der Waals surface area contributed by atoms with Gasteiger partial charge >= 0.3 is 5.97 Å². The third kappa shape index (κ3) is 3.50. The van der Waals surface area contributed by atoms with Crippen molar-refractivity contribution in [3.63, 3.8) is 0 Å². The van der Waals surface area contributed by atoms with E-state index in [1.807, 2.05) is 0 Å². The first-order valence-corrected chi connectivity index (χ1v) is 8.04. The fourth-order valence-electron chi connectivity index (χ4n) is 2.67. The molecule has 0 saturated heterocycles. The molecule has 0 bridgehead atoms. The maximum atomic E-state index is 12.3. The molecule has 9 heteroatoms. The minimum absolute atomic E-state index is 0.00936. The molecule has 0 atom stereocenters. The number of carbonyl (C=O) groups excluding carboxylic acids is 1. The van der Waals surface area contributed by atoms with E-state index in [1.165, 1.54) is 45.6 Å². The molecule has 3 rings (SSSR count). The molecule has 0 unspecified atom stereocenters. The lowest BCUT2D eigenvalue weighted by Crippen LogP contribution is -2.07. The Morgan fingerprint density at radius 2 is 1.82 bits per heavy atom. The summed E-state index contributed by atoms with van der Waals surface area (Å²) in [6.07, 6.45) is 1.49. The number of carbonyl (C=O) groups is 1. The number of rotatable bonds is 6. The predicted molar refractivity (Wildman–Crippen MR) is 99.8 cm³/mol. The van der Waals surface area contributed by atoms with Crippen molar-refractivity contribution in [2.75, 3.05) is 21.3 Å². The molecule has 1 aliphatic rings. The number of methoxy groups -OCH3 is 3. The monoisotopic (exact) mass is 384 g/mol. The van der Waals surface area contributed by atoms with Gasteiger partial charge in [-0.25, -0.2) is 9.79 Å². The molecule has 0 aliphatic carbocycles. The third-order valence-electron chi connectivity index (χ3n) is 3.97. The number of hydrogen-bond acceptors (Lipinski definition) is 8. The number of non-ortho nitro benzene ring substituents is 1. The molecular weight excluding hydrogens is 368 g/mol. The Hall–Kier alpha value is -3.88. The second-order valence-corrected chi connectivity index (χ2v) is 5.56. The van der Waals surface area contributed by atoms with Crippen LogP contribution < -0.4 is 14.2 Å². The molecule has 9 nitrogen and oxygen atoms in total. The van der Waals surface area contributed by atoms with E-state index in [2.05, 4.69) is 4.99 Å². The Morgan fingerprint density at radius 1 is 1.07 bits per heavy atom. The third-order valence-corrected chi connectivity index (χ3v) is 3.97. The summed E-state index contributed by atoms with van der Waals surface area (Å²) in [5.41, 5.74) is 0.590. The van der Waals surface area contributed by atoms with Crippen molar-refractivity contribution >= 4 is 23.6 Å². The SMILES string of the molecule is COc1ccc([N+](=O)[O-])cc1C1=NC(=Cc2cccc(OC)c2OC)C(=O)O1. The van der Waals surface area contributed by atoms with Gasteiger partial charge < -0.3 is 18.9 Å². The Kier molecular flexibility index (Phi) is 5.25. The number of nitrogens with zero attached hydrogens (tertiary/aromatic N) is 2. The molecule has 1 heterocycles. The summed E-state index contributed by atoms with van der Waals surface area (Å²) in [6.45, 7) is 0. The summed E-state index contributed by atoms with van der Waals surface area (Å²) in [4.78, 5) is 27.0. The molecule has 0 radical (unpaired) electrons. The molecule has 0 spiro atoms. The van der Waals surface area contributed by atoms with E-state index >= 15 is 0 Å². The van der Waals surface area contributed by atoms with Gasteiger partial charge in [-0.1, -0.05) is 12.1 Å². The number of ether oxygens (including phenoxy) is 4. The van der Waals surface area contributed by atoms with Crippen molar-refractivity contribution in [3.05, 3.63) is 63.3 Å². The normalized spacial score (nSPS) is 14.5. The molecule has 28 heavy (non-hydrogen) atoms. The van der Waals surface area contributed by atoms with Crippen LogP contribution in [-0.2, 0) is 9.53 Å². The first kappa shape index (κ1) is 18.9. The smallest absolute Gasteiger partial charge is 0.363 e.